The van der Waals surface area contributed by atoms with E-state index in [4.69, 9.17) is 4.42 Å². The topological polar surface area (TPSA) is 54.6 Å². The van der Waals surface area contributed by atoms with Crippen LogP contribution in [0.1, 0.15) is 11.3 Å². The number of hydrogen-bond acceptors (Lipinski definition) is 3. The van der Waals surface area contributed by atoms with Gasteiger partial charge in [0.05, 0.1) is 12.6 Å². The number of carbonyl (C=O) groups excluding carboxylic acids is 1. The average Bonchev–Trinajstić information content (AvgIpc) is 3.05. The Morgan fingerprint density at radius 1 is 1.08 bits per heavy atom. The van der Waals surface area contributed by atoms with E-state index in [-0.39, 0.29) is 5.91 Å². The van der Waals surface area contributed by atoms with Crippen LogP contribution in [-0.2, 0) is 11.2 Å². The molecule has 0 fully saturated rings. The van der Waals surface area contributed by atoms with E-state index < -0.39 is 0 Å². The average molecular weight is 383 g/mol. The van der Waals surface area contributed by atoms with Crippen LogP contribution >= 0.6 is 15.9 Å². The van der Waals surface area contributed by atoms with Gasteiger partial charge in [-0.05, 0) is 29.8 Å². The van der Waals surface area contributed by atoms with Gasteiger partial charge in [0.15, 0.2) is 0 Å². The fourth-order valence-corrected chi connectivity index (χ4v) is 2.61. The van der Waals surface area contributed by atoms with Crippen LogP contribution in [0.2, 0.25) is 0 Å². The van der Waals surface area contributed by atoms with E-state index >= 15 is 0 Å². The van der Waals surface area contributed by atoms with Gasteiger partial charge in [0.2, 0.25) is 5.91 Å². The first kappa shape index (κ1) is 16.2. The second-order valence-electron chi connectivity index (χ2n) is 5.17. The minimum Gasteiger partial charge on any atom is -0.455 e. The zero-order valence-corrected chi connectivity index (χ0v) is 14.4. The largest absolute Gasteiger partial charge is 0.455 e. The zero-order chi connectivity index (χ0) is 16.8. The van der Waals surface area contributed by atoms with Crippen LogP contribution in [0, 0.1) is 0 Å². The van der Waals surface area contributed by atoms with Gasteiger partial charge < -0.3 is 4.42 Å². The molecule has 3 rings (SSSR count). The highest BCUT2D eigenvalue weighted by Crippen LogP contribution is 2.24. The summed E-state index contributed by atoms with van der Waals surface area (Å²) in [6.07, 6.45) is 1.78. The Kier molecular flexibility index (Phi) is 5.23. The van der Waals surface area contributed by atoms with Gasteiger partial charge in [-0.1, -0.05) is 58.4 Å². The quantitative estimate of drug-likeness (QED) is 0.525. The van der Waals surface area contributed by atoms with E-state index in [1.54, 1.807) is 0 Å². The molecule has 0 unspecified atom stereocenters. The van der Waals surface area contributed by atoms with E-state index in [1.807, 2.05) is 66.7 Å². The van der Waals surface area contributed by atoms with E-state index in [1.165, 1.54) is 6.21 Å². The Hall–Kier alpha value is -2.66. The summed E-state index contributed by atoms with van der Waals surface area (Å²) >= 11 is 3.44. The Morgan fingerprint density at radius 2 is 1.92 bits per heavy atom. The molecule has 2 aromatic carbocycles. The summed E-state index contributed by atoms with van der Waals surface area (Å²) in [5.74, 6) is 1.15. The van der Waals surface area contributed by atoms with E-state index in [2.05, 4.69) is 26.5 Å². The van der Waals surface area contributed by atoms with Crippen LogP contribution in [-0.4, -0.2) is 12.1 Å². The molecular formula is C19H15BrN2O2. The minimum absolute atomic E-state index is 0.170. The zero-order valence-electron chi connectivity index (χ0n) is 12.8. The van der Waals surface area contributed by atoms with Crippen molar-refractivity contribution in [3.05, 3.63) is 82.5 Å². The maximum absolute atomic E-state index is 11.8. The van der Waals surface area contributed by atoms with Crippen molar-refractivity contribution in [2.24, 2.45) is 5.10 Å². The molecule has 0 aliphatic rings. The fourth-order valence-electron chi connectivity index (χ4n) is 2.21. The first-order valence-corrected chi connectivity index (χ1v) is 8.21. The van der Waals surface area contributed by atoms with Crippen molar-refractivity contribution >= 4 is 28.1 Å². The molecule has 120 valence electrons. The van der Waals surface area contributed by atoms with E-state index in [0.717, 1.165) is 21.4 Å². The number of hydrazone groups is 1. The van der Waals surface area contributed by atoms with Gasteiger partial charge in [-0.15, -0.1) is 0 Å². The van der Waals surface area contributed by atoms with Crippen molar-refractivity contribution in [2.75, 3.05) is 0 Å². The molecule has 1 heterocycles. The van der Waals surface area contributed by atoms with Crippen LogP contribution in [0.5, 0.6) is 0 Å². The molecule has 1 aromatic heterocycles. The van der Waals surface area contributed by atoms with E-state index in [0.29, 0.717) is 12.2 Å². The summed E-state index contributed by atoms with van der Waals surface area (Å²) in [5.41, 5.74) is 4.41. The molecule has 5 heteroatoms. The van der Waals surface area contributed by atoms with Crippen molar-refractivity contribution in [2.45, 2.75) is 6.42 Å². The van der Waals surface area contributed by atoms with Gasteiger partial charge in [-0.25, -0.2) is 5.43 Å². The van der Waals surface area contributed by atoms with E-state index in [9.17, 15) is 4.79 Å². The first-order valence-electron chi connectivity index (χ1n) is 7.42. The molecule has 1 N–H and O–H groups in total. The summed E-state index contributed by atoms with van der Waals surface area (Å²) in [6.45, 7) is 0. The second-order valence-corrected chi connectivity index (χ2v) is 6.08. The standard InChI is InChI=1S/C19H15BrN2O2/c20-16-8-4-7-15(12-16)18-10-9-17(24-18)13-21-22-19(23)11-14-5-2-1-3-6-14/h1-10,12-13H,11H2,(H,22,23). The number of furan rings is 1. The van der Waals surface area contributed by atoms with Crippen LogP contribution in [0.25, 0.3) is 11.3 Å². The molecule has 0 radical (unpaired) electrons. The third-order valence-corrected chi connectivity index (χ3v) is 3.82. The number of rotatable bonds is 5. The second kappa shape index (κ2) is 7.75. The Balaban J connectivity index is 1.58. The number of halogens is 1. The van der Waals surface area contributed by atoms with Gasteiger partial charge in [0, 0.05) is 10.0 Å². The molecule has 0 atom stereocenters. The lowest BCUT2D eigenvalue weighted by Gasteiger charge is -1.99. The number of carbonyl (C=O) groups is 1. The monoisotopic (exact) mass is 382 g/mol. The summed E-state index contributed by atoms with van der Waals surface area (Å²) in [5, 5.41) is 3.93. The normalized spacial score (nSPS) is 10.9. The summed E-state index contributed by atoms with van der Waals surface area (Å²) in [4.78, 5) is 11.8. The highest BCUT2D eigenvalue weighted by Gasteiger charge is 2.04. The Morgan fingerprint density at radius 3 is 2.71 bits per heavy atom. The van der Waals surface area contributed by atoms with Crippen molar-refractivity contribution in [3.63, 3.8) is 0 Å². The predicted molar refractivity (Wildman–Crippen MR) is 97.7 cm³/mol. The molecule has 0 saturated heterocycles. The van der Waals surface area contributed by atoms with Gasteiger partial charge in [-0.3, -0.25) is 4.79 Å². The smallest absolute Gasteiger partial charge is 0.244 e. The van der Waals surface area contributed by atoms with Crippen LogP contribution in [0.4, 0.5) is 0 Å². The minimum atomic E-state index is -0.170. The molecule has 0 aliphatic heterocycles. The maximum Gasteiger partial charge on any atom is 0.244 e. The lowest BCUT2D eigenvalue weighted by molar-refractivity contribution is -0.120. The van der Waals surface area contributed by atoms with Gasteiger partial charge in [0.25, 0.3) is 0 Å². The number of benzene rings is 2. The van der Waals surface area contributed by atoms with Gasteiger partial charge in [0.1, 0.15) is 11.5 Å². The van der Waals surface area contributed by atoms with Crippen LogP contribution in [0.15, 0.2) is 80.7 Å². The molecule has 0 aliphatic carbocycles. The fraction of sp³-hybridized carbons (Fsp3) is 0.0526. The lowest BCUT2D eigenvalue weighted by Crippen LogP contribution is -2.19. The molecule has 4 nitrogen and oxygen atoms in total. The lowest BCUT2D eigenvalue weighted by atomic mass is 10.1. The predicted octanol–water partition coefficient (Wildman–Crippen LogP) is 4.40. The maximum atomic E-state index is 11.8. The first-order chi connectivity index (χ1) is 11.7. The van der Waals surface area contributed by atoms with Crippen LogP contribution < -0.4 is 5.43 Å². The summed E-state index contributed by atoms with van der Waals surface area (Å²) < 4.78 is 6.69. The molecule has 1 amide bonds. The number of nitrogens with one attached hydrogen (secondary N) is 1. The van der Waals surface area contributed by atoms with Crippen molar-refractivity contribution in [3.8, 4) is 11.3 Å². The molecular weight excluding hydrogens is 368 g/mol. The highest BCUT2D eigenvalue weighted by atomic mass is 79.9. The van der Waals surface area contributed by atoms with Gasteiger partial charge >= 0.3 is 0 Å². The Bertz CT molecular complexity index is 857. The summed E-state index contributed by atoms with van der Waals surface area (Å²) in [6, 6.07) is 21.0. The highest BCUT2D eigenvalue weighted by molar-refractivity contribution is 9.10. The van der Waals surface area contributed by atoms with Gasteiger partial charge in [-0.2, -0.15) is 5.10 Å². The molecule has 24 heavy (non-hydrogen) atoms. The number of amides is 1. The number of hydrogen-bond donors (Lipinski definition) is 1. The third-order valence-electron chi connectivity index (χ3n) is 3.32. The molecule has 3 aromatic rings. The Labute approximate surface area is 148 Å². The third kappa shape index (κ3) is 4.43. The van der Waals surface area contributed by atoms with Crippen molar-refractivity contribution < 1.29 is 9.21 Å². The molecule has 0 saturated carbocycles. The number of nitrogens with zero attached hydrogens (tertiary/aromatic N) is 1. The SMILES string of the molecule is O=C(Cc1ccccc1)NN=Cc1ccc(-c2cccc(Br)c2)o1. The molecule has 0 bridgehead atoms. The van der Waals surface area contributed by atoms with Crippen molar-refractivity contribution in [1.82, 2.24) is 5.43 Å². The summed E-state index contributed by atoms with van der Waals surface area (Å²) in [7, 11) is 0. The van der Waals surface area contributed by atoms with Crippen molar-refractivity contribution in [1.29, 1.82) is 0 Å². The molecule has 0 spiro atoms. The van der Waals surface area contributed by atoms with Crippen LogP contribution in [0.3, 0.4) is 0 Å².